The highest BCUT2D eigenvalue weighted by Gasteiger charge is 2.32. The van der Waals surface area contributed by atoms with Crippen molar-refractivity contribution in [3.05, 3.63) is 78.0 Å². The molecule has 118 valence electrons. The molecule has 1 aliphatic heterocycles. The zero-order valence-electron chi connectivity index (χ0n) is 13.2. The van der Waals surface area contributed by atoms with Gasteiger partial charge in [-0.2, -0.15) is 0 Å². The maximum absolute atomic E-state index is 12.8. The first kappa shape index (κ1) is 15.5. The van der Waals surface area contributed by atoms with Crippen LogP contribution >= 0.6 is 0 Å². The van der Waals surface area contributed by atoms with E-state index in [9.17, 15) is 8.42 Å². The van der Waals surface area contributed by atoms with Crippen molar-refractivity contribution in [1.82, 2.24) is 4.31 Å². The highest BCUT2D eigenvalue weighted by molar-refractivity contribution is 7.89. The van der Waals surface area contributed by atoms with Gasteiger partial charge in [-0.05, 0) is 31.2 Å². The van der Waals surface area contributed by atoms with Crippen LogP contribution < -0.4 is 0 Å². The molecular formula is C18H19N2O2S+. The van der Waals surface area contributed by atoms with Crippen LogP contribution in [0.1, 0.15) is 12.5 Å². The van der Waals surface area contributed by atoms with Crippen LogP contribution in [0.15, 0.2) is 77.3 Å². The Kier molecular flexibility index (Phi) is 4.05. The van der Waals surface area contributed by atoms with E-state index >= 15 is 0 Å². The summed E-state index contributed by atoms with van der Waals surface area (Å²) < 4.78 is 29.1. The lowest BCUT2D eigenvalue weighted by Gasteiger charge is -2.26. The lowest BCUT2D eigenvalue weighted by molar-refractivity contribution is -0.512. The van der Waals surface area contributed by atoms with Crippen molar-refractivity contribution in [2.75, 3.05) is 13.7 Å². The summed E-state index contributed by atoms with van der Waals surface area (Å²) in [6.45, 7) is 2.13. The van der Waals surface area contributed by atoms with E-state index in [4.69, 9.17) is 0 Å². The van der Waals surface area contributed by atoms with Gasteiger partial charge in [0.25, 0.3) is 10.0 Å². The van der Waals surface area contributed by atoms with Gasteiger partial charge in [0.1, 0.15) is 7.05 Å². The summed E-state index contributed by atoms with van der Waals surface area (Å²) in [7, 11) is -1.64. The summed E-state index contributed by atoms with van der Waals surface area (Å²) >= 11 is 0. The van der Waals surface area contributed by atoms with Crippen molar-refractivity contribution < 1.29 is 13.0 Å². The monoisotopic (exact) mass is 327 g/mol. The Hall–Kier alpha value is -2.40. The second kappa shape index (κ2) is 6.01. The number of nitrogens with zero attached hydrogens (tertiary/aromatic N) is 2. The molecule has 1 aliphatic rings. The molecule has 0 fully saturated rings. The molecule has 0 aromatic heterocycles. The second-order valence-corrected chi connectivity index (χ2v) is 7.41. The fourth-order valence-electron chi connectivity index (χ4n) is 2.66. The minimum Gasteiger partial charge on any atom is -0.212 e. The molecule has 0 saturated carbocycles. The molecule has 1 heterocycles. The first-order chi connectivity index (χ1) is 11.0. The van der Waals surface area contributed by atoms with Crippen LogP contribution in [0, 0.1) is 0 Å². The molecule has 0 aliphatic carbocycles. The minimum absolute atomic E-state index is 0.295. The molecule has 5 heteroatoms. The summed E-state index contributed by atoms with van der Waals surface area (Å²) in [5.41, 5.74) is 2.81. The van der Waals surface area contributed by atoms with Crippen LogP contribution in [-0.2, 0) is 10.0 Å². The van der Waals surface area contributed by atoms with Crippen molar-refractivity contribution in [3.8, 4) is 0 Å². The standard InChI is InChI=1S/C18H19N2O2S/c1-15-13-18(16-9-5-3-6-10-16)19(2)14-20(15)23(21,22)17-11-7-4-8-12-17/h3-13H,14H2,1-2H3/q+1. The van der Waals surface area contributed by atoms with E-state index in [-0.39, 0.29) is 0 Å². The molecule has 2 aromatic carbocycles. The van der Waals surface area contributed by atoms with Gasteiger partial charge in [-0.25, -0.2) is 17.3 Å². The van der Waals surface area contributed by atoms with E-state index in [1.807, 2.05) is 61.0 Å². The Bertz CT molecular complexity index is 870. The van der Waals surface area contributed by atoms with Crippen molar-refractivity contribution in [3.63, 3.8) is 0 Å². The molecular weight excluding hydrogens is 308 g/mol. The number of hydrogen-bond acceptors (Lipinski definition) is 2. The smallest absolute Gasteiger partial charge is 0.212 e. The summed E-state index contributed by atoms with van der Waals surface area (Å²) in [5, 5.41) is 0. The third-order valence-electron chi connectivity index (χ3n) is 3.89. The summed E-state index contributed by atoms with van der Waals surface area (Å²) in [6, 6.07) is 18.5. The molecule has 0 amide bonds. The van der Waals surface area contributed by atoms with Crippen LogP contribution in [-0.4, -0.2) is 36.7 Å². The van der Waals surface area contributed by atoms with Gasteiger partial charge in [0.15, 0.2) is 0 Å². The molecule has 0 atom stereocenters. The summed E-state index contributed by atoms with van der Waals surface area (Å²) in [5.74, 6) is 0. The van der Waals surface area contributed by atoms with Crippen LogP contribution in [0.5, 0.6) is 0 Å². The molecule has 0 saturated heterocycles. The molecule has 0 unspecified atom stereocenters. The highest BCUT2D eigenvalue weighted by atomic mass is 32.2. The SMILES string of the molecule is CC1=CC(c2ccccc2)=[N+](C)CN1S(=O)(=O)c1ccccc1. The van der Waals surface area contributed by atoms with E-state index in [0.29, 0.717) is 17.3 Å². The predicted octanol–water partition coefficient (Wildman–Crippen LogP) is 2.68. The fraction of sp³-hybridized carbons (Fsp3) is 0.167. The third kappa shape index (κ3) is 2.92. The average Bonchev–Trinajstić information content (AvgIpc) is 2.58. The van der Waals surface area contributed by atoms with E-state index < -0.39 is 10.0 Å². The van der Waals surface area contributed by atoms with Gasteiger partial charge in [-0.15, -0.1) is 0 Å². The number of hydrogen-bond donors (Lipinski definition) is 0. The maximum atomic E-state index is 12.8. The van der Waals surface area contributed by atoms with Crippen LogP contribution in [0.3, 0.4) is 0 Å². The van der Waals surface area contributed by atoms with Crippen molar-refractivity contribution >= 4 is 15.7 Å². The van der Waals surface area contributed by atoms with Crippen LogP contribution in [0.25, 0.3) is 0 Å². The normalized spacial score (nSPS) is 15.6. The van der Waals surface area contributed by atoms with Gasteiger partial charge in [-0.3, -0.25) is 0 Å². The summed E-state index contributed by atoms with van der Waals surface area (Å²) in [4.78, 5) is 0.310. The molecule has 0 N–H and O–H groups in total. The van der Waals surface area contributed by atoms with E-state index in [0.717, 1.165) is 11.3 Å². The zero-order valence-corrected chi connectivity index (χ0v) is 14.0. The first-order valence-corrected chi connectivity index (χ1v) is 8.84. The number of benzene rings is 2. The van der Waals surface area contributed by atoms with Gasteiger partial charge in [0.05, 0.1) is 4.90 Å². The molecule has 3 rings (SSSR count). The van der Waals surface area contributed by atoms with Gasteiger partial charge >= 0.3 is 0 Å². The van der Waals surface area contributed by atoms with Gasteiger partial charge in [-0.1, -0.05) is 36.4 Å². The Labute approximate surface area is 137 Å². The molecule has 0 bridgehead atoms. The fourth-order valence-corrected chi connectivity index (χ4v) is 4.17. The predicted molar refractivity (Wildman–Crippen MR) is 90.8 cm³/mol. The molecule has 0 spiro atoms. The van der Waals surface area contributed by atoms with E-state index in [1.165, 1.54) is 4.31 Å². The average molecular weight is 327 g/mol. The number of sulfonamides is 1. The first-order valence-electron chi connectivity index (χ1n) is 7.40. The quantitative estimate of drug-likeness (QED) is 0.813. The lowest BCUT2D eigenvalue weighted by Crippen LogP contribution is -2.40. The molecule has 2 aromatic rings. The Morgan fingerprint density at radius 3 is 2.13 bits per heavy atom. The number of allylic oxidation sites excluding steroid dienone is 2. The Balaban J connectivity index is 1.99. The molecule has 4 nitrogen and oxygen atoms in total. The van der Waals surface area contributed by atoms with Gasteiger partial charge in [0.2, 0.25) is 12.4 Å². The Morgan fingerprint density at radius 1 is 0.957 bits per heavy atom. The lowest BCUT2D eigenvalue weighted by atomic mass is 10.1. The van der Waals surface area contributed by atoms with E-state index in [2.05, 4.69) is 0 Å². The van der Waals surface area contributed by atoms with Crippen LogP contribution in [0.4, 0.5) is 0 Å². The minimum atomic E-state index is -3.54. The molecule has 23 heavy (non-hydrogen) atoms. The number of rotatable bonds is 3. The van der Waals surface area contributed by atoms with E-state index in [1.54, 1.807) is 24.3 Å². The second-order valence-electron chi connectivity index (χ2n) is 5.54. The highest BCUT2D eigenvalue weighted by Crippen LogP contribution is 2.22. The van der Waals surface area contributed by atoms with Crippen molar-refractivity contribution in [1.29, 1.82) is 0 Å². The van der Waals surface area contributed by atoms with Crippen molar-refractivity contribution in [2.45, 2.75) is 11.8 Å². The summed E-state index contributed by atoms with van der Waals surface area (Å²) in [6.07, 6.45) is 1.92. The largest absolute Gasteiger partial charge is 0.268 e. The van der Waals surface area contributed by atoms with Crippen LogP contribution in [0.2, 0.25) is 0 Å². The van der Waals surface area contributed by atoms with Gasteiger partial charge < -0.3 is 0 Å². The third-order valence-corrected chi connectivity index (χ3v) is 5.74. The maximum Gasteiger partial charge on any atom is 0.268 e. The Morgan fingerprint density at radius 2 is 1.52 bits per heavy atom. The topological polar surface area (TPSA) is 40.4 Å². The van der Waals surface area contributed by atoms with Crippen molar-refractivity contribution in [2.24, 2.45) is 0 Å². The molecule has 0 radical (unpaired) electrons. The van der Waals surface area contributed by atoms with Gasteiger partial charge in [0, 0.05) is 17.3 Å². The zero-order chi connectivity index (χ0) is 16.4.